The molecule has 0 radical (unpaired) electrons. The summed E-state index contributed by atoms with van der Waals surface area (Å²) in [4.78, 5) is 13.1. The van der Waals surface area contributed by atoms with Crippen molar-refractivity contribution in [3.05, 3.63) is 47.2 Å². The molecule has 1 aliphatic heterocycles. The number of nitrogens with one attached hydrogen (secondary N) is 3. The fourth-order valence-corrected chi connectivity index (χ4v) is 3.42. The molecule has 0 bridgehead atoms. The lowest BCUT2D eigenvalue weighted by Crippen LogP contribution is -2.40. The Labute approximate surface area is 136 Å². The summed E-state index contributed by atoms with van der Waals surface area (Å²) in [6, 6.07) is 10.0. The van der Waals surface area contributed by atoms with Gasteiger partial charge in [-0.2, -0.15) is 5.10 Å². The second-order valence-electron chi connectivity index (χ2n) is 6.07. The number of carbonyl (C=O) groups is 1. The number of carbonyl (C=O) groups excluding carboxylic acids is 1. The van der Waals surface area contributed by atoms with Gasteiger partial charge in [-0.3, -0.25) is 9.89 Å². The molecule has 3 N–H and O–H groups in total. The first-order chi connectivity index (χ1) is 11.2. The van der Waals surface area contributed by atoms with Crippen LogP contribution < -0.4 is 10.6 Å². The molecule has 5 heteroatoms. The molecule has 23 heavy (non-hydrogen) atoms. The molecule has 0 atom stereocenters. The van der Waals surface area contributed by atoms with Crippen molar-refractivity contribution in [3.63, 3.8) is 0 Å². The molecule has 0 unspecified atom stereocenters. The Morgan fingerprint density at radius 3 is 2.70 bits per heavy atom. The molecule has 0 aliphatic carbocycles. The number of amides is 1. The average molecular weight is 312 g/mol. The van der Waals surface area contributed by atoms with Crippen molar-refractivity contribution in [2.45, 2.75) is 45.1 Å². The van der Waals surface area contributed by atoms with Crippen LogP contribution in [0.5, 0.6) is 0 Å². The van der Waals surface area contributed by atoms with Gasteiger partial charge in [0, 0.05) is 30.8 Å². The van der Waals surface area contributed by atoms with Crippen molar-refractivity contribution in [2.75, 3.05) is 11.9 Å². The van der Waals surface area contributed by atoms with Gasteiger partial charge in [-0.1, -0.05) is 44.2 Å². The Hall–Kier alpha value is -2.14. The zero-order valence-corrected chi connectivity index (χ0v) is 13.8. The van der Waals surface area contributed by atoms with Gasteiger partial charge in [0.2, 0.25) is 5.91 Å². The number of anilines is 1. The summed E-state index contributed by atoms with van der Waals surface area (Å²) in [5.74, 6) is 0.688. The fraction of sp³-hybridized carbons (Fsp3) is 0.444. The highest BCUT2D eigenvalue weighted by molar-refractivity contribution is 5.99. The van der Waals surface area contributed by atoms with Crippen molar-refractivity contribution in [1.29, 1.82) is 0 Å². The quantitative estimate of drug-likeness (QED) is 0.795. The van der Waals surface area contributed by atoms with Crippen molar-refractivity contribution in [1.82, 2.24) is 15.5 Å². The summed E-state index contributed by atoms with van der Waals surface area (Å²) < 4.78 is 0. The van der Waals surface area contributed by atoms with Crippen LogP contribution in [0.2, 0.25) is 0 Å². The highest BCUT2D eigenvalue weighted by atomic mass is 16.2. The highest BCUT2D eigenvalue weighted by Crippen LogP contribution is 2.33. The molecule has 2 aromatic rings. The van der Waals surface area contributed by atoms with Crippen LogP contribution in [0, 0.1) is 0 Å². The molecule has 1 amide bonds. The lowest BCUT2D eigenvalue weighted by atomic mass is 9.75. The van der Waals surface area contributed by atoms with E-state index in [4.69, 9.17) is 0 Å². The van der Waals surface area contributed by atoms with Crippen LogP contribution in [-0.4, -0.2) is 22.6 Å². The summed E-state index contributed by atoms with van der Waals surface area (Å²) in [6.07, 6.45) is 2.43. The first kappa shape index (κ1) is 15.7. The highest BCUT2D eigenvalue weighted by Gasteiger charge is 2.37. The van der Waals surface area contributed by atoms with Gasteiger partial charge >= 0.3 is 0 Å². The number of nitrogens with zero attached hydrogens (tertiary/aromatic N) is 1. The molecule has 0 saturated heterocycles. The van der Waals surface area contributed by atoms with Crippen LogP contribution in [0.4, 0.5) is 5.82 Å². The first-order valence-electron chi connectivity index (χ1n) is 8.35. The van der Waals surface area contributed by atoms with Crippen LogP contribution in [0.15, 0.2) is 30.3 Å². The van der Waals surface area contributed by atoms with E-state index in [0.717, 1.165) is 49.2 Å². The van der Waals surface area contributed by atoms with E-state index in [0.29, 0.717) is 5.82 Å². The van der Waals surface area contributed by atoms with E-state index in [1.54, 1.807) is 0 Å². The maximum Gasteiger partial charge on any atom is 0.236 e. The van der Waals surface area contributed by atoms with Gasteiger partial charge in [0.05, 0.1) is 5.41 Å². The molecule has 0 spiro atoms. The van der Waals surface area contributed by atoms with Crippen LogP contribution >= 0.6 is 0 Å². The van der Waals surface area contributed by atoms with E-state index in [2.05, 4.69) is 34.7 Å². The second kappa shape index (κ2) is 6.54. The molecule has 1 aromatic heterocycles. The molecular weight excluding hydrogens is 288 g/mol. The smallest absolute Gasteiger partial charge is 0.236 e. The van der Waals surface area contributed by atoms with Crippen LogP contribution in [0.3, 0.4) is 0 Å². The fourth-order valence-electron chi connectivity index (χ4n) is 3.42. The third-order valence-corrected chi connectivity index (χ3v) is 5.01. The summed E-state index contributed by atoms with van der Waals surface area (Å²) >= 11 is 0. The van der Waals surface area contributed by atoms with Crippen LogP contribution in [0.1, 0.15) is 43.5 Å². The SMILES string of the molecule is CCC(CC)(C(=O)Nc1n[nH]c2c1CNCC2)c1ccccc1. The number of aromatic nitrogens is 2. The summed E-state index contributed by atoms with van der Waals surface area (Å²) in [6.45, 7) is 5.83. The van der Waals surface area contributed by atoms with Gasteiger partial charge in [-0.05, 0) is 18.4 Å². The van der Waals surface area contributed by atoms with E-state index in [1.165, 1.54) is 0 Å². The van der Waals surface area contributed by atoms with Crippen molar-refractivity contribution >= 4 is 11.7 Å². The van der Waals surface area contributed by atoms with Gasteiger partial charge in [-0.25, -0.2) is 0 Å². The Kier molecular flexibility index (Phi) is 4.48. The summed E-state index contributed by atoms with van der Waals surface area (Å²) in [5, 5.41) is 13.8. The molecule has 1 aromatic carbocycles. The van der Waals surface area contributed by atoms with E-state index in [9.17, 15) is 4.79 Å². The number of aromatic amines is 1. The van der Waals surface area contributed by atoms with Crippen LogP contribution in [-0.2, 0) is 23.2 Å². The van der Waals surface area contributed by atoms with Crippen molar-refractivity contribution in [2.24, 2.45) is 0 Å². The molecule has 1 aliphatic rings. The molecule has 0 saturated carbocycles. The van der Waals surface area contributed by atoms with E-state index >= 15 is 0 Å². The number of H-pyrrole nitrogens is 1. The number of fused-ring (bicyclic) bond motifs is 1. The molecular formula is C18H24N4O. The third-order valence-electron chi connectivity index (χ3n) is 5.01. The predicted octanol–water partition coefficient (Wildman–Crippen LogP) is 2.75. The zero-order valence-electron chi connectivity index (χ0n) is 13.8. The Bertz CT molecular complexity index is 674. The standard InChI is InChI=1S/C18H24N4O/c1-3-18(4-2,13-8-6-5-7-9-13)17(23)20-16-14-12-19-11-10-15(14)21-22-16/h5-9,19H,3-4,10-12H2,1-2H3,(H2,20,21,22,23). The van der Waals surface area contributed by atoms with Crippen LogP contribution in [0.25, 0.3) is 0 Å². The summed E-state index contributed by atoms with van der Waals surface area (Å²) in [5.41, 5.74) is 2.75. The van der Waals surface area contributed by atoms with Crippen molar-refractivity contribution < 1.29 is 4.79 Å². The van der Waals surface area contributed by atoms with E-state index in [1.807, 2.05) is 30.3 Å². The Morgan fingerprint density at radius 1 is 1.26 bits per heavy atom. The number of hydrogen-bond donors (Lipinski definition) is 3. The number of benzene rings is 1. The molecule has 2 heterocycles. The van der Waals surface area contributed by atoms with Gasteiger partial charge in [-0.15, -0.1) is 0 Å². The third kappa shape index (κ3) is 2.77. The average Bonchev–Trinajstić information content (AvgIpc) is 3.01. The Morgan fingerprint density at radius 2 is 2.00 bits per heavy atom. The largest absolute Gasteiger partial charge is 0.312 e. The maximum absolute atomic E-state index is 13.1. The zero-order chi connectivity index (χ0) is 16.3. The van der Waals surface area contributed by atoms with Gasteiger partial charge < -0.3 is 10.6 Å². The molecule has 0 fully saturated rings. The molecule has 122 valence electrons. The minimum atomic E-state index is -0.519. The monoisotopic (exact) mass is 312 g/mol. The molecule has 5 nitrogen and oxygen atoms in total. The van der Waals surface area contributed by atoms with E-state index < -0.39 is 5.41 Å². The van der Waals surface area contributed by atoms with Gasteiger partial charge in [0.1, 0.15) is 0 Å². The van der Waals surface area contributed by atoms with Gasteiger partial charge in [0.15, 0.2) is 5.82 Å². The number of rotatable bonds is 5. The first-order valence-corrected chi connectivity index (χ1v) is 8.35. The lowest BCUT2D eigenvalue weighted by molar-refractivity contribution is -0.121. The predicted molar refractivity (Wildman–Crippen MR) is 91.3 cm³/mol. The minimum absolute atomic E-state index is 0.0218. The van der Waals surface area contributed by atoms with Gasteiger partial charge in [0.25, 0.3) is 0 Å². The Balaban J connectivity index is 1.89. The van der Waals surface area contributed by atoms with Crippen molar-refractivity contribution in [3.8, 4) is 0 Å². The summed E-state index contributed by atoms with van der Waals surface area (Å²) in [7, 11) is 0. The normalized spacial score (nSPS) is 14.3. The van der Waals surface area contributed by atoms with E-state index in [-0.39, 0.29) is 5.91 Å². The minimum Gasteiger partial charge on any atom is -0.312 e. The lowest BCUT2D eigenvalue weighted by Gasteiger charge is -2.30. The molecule has 3 rings (SSSR count). The number of hydrogen-bond acceptors (Lipinski definition) is 3. The topological polar surface area (TPSA) is 69.8 Å². The maximum atomic E-state index is 13.1. The second-order valence-corrected chi connectivity index (χ2v) is 6.07.